The van der Waals surface area contributed by atoms with Crippen molar-refractivity contribution in [2.75, 3.05) is 0 Å². The average molecular weight is 317 g/mol. The molecule has 0 aromatic heterocycles. The van der Waals surface area contributed by atoms with Crippen molar-refractivity contribution in [2.24, 2.45) is 5.73 Å². The van der Waals surface area contributed by atoms with Crippen LogP contribution in [0.15, 0.2) is 24.3 Å². The van der Waals surface area contributed by atoms with Crippen molar-refractivity contribution < 1.29 is 4.79 Å². The summed E-state index contributed by atoms with van der Waals surface area (Å²) in [6, 6.07) is 7.47. The molecule has 5 heteroatoms. The van der Waals surface area contributed by atoms with Gasteiger partial charge in [-0.15, -0.1) is 12.4 Å². The van der Waals surface area contributed by atoms with E-state index in [1.807, 2.05) is 31.2 Å². The molecule has 1 fully saturated rings. The zero-order chi connectivity index (χ0) is 13.9. The highest BCUT2D eigenvalue weighted by Crippen LogP contribution is 2.27. The van der Waals surface area contributed by atoms with Crippen molar-refractivity contribution in [3.05, 3.63) is 34.9 Å². The van der Waals surface area contributed by atoms with Crippen LogP contribution in [0.25, 0.3) is 0 Å². The zero-order valence-corrected chi connectivity index (χ0v) is 13.3. The van der Waals surface area contributed by atoms with Crippen LogP contribution in [-0.2, 0) is 4.79 Å². The largest absolute Gasteiger partial charge is 0.348 e. The topological polar surface area (TPSA) is 55.1 Å². The molecule has 1 amide bonds. The van der Waals surface area contributed by atoms with Crippen molar-refractivity contribution in [1.29, 1.82) is 0 Å². The third-order valence-corrected chi connectivity index (χ3v) is 4.13. The third kappa shape index (κ3) is 4.11. The van der Waals surface area contributed by atoms with Gasteiger partial charge in [-0.3, -0.25) is 4.79 Å². The molecule has 0 heterocycles. The maximum absolute atomic E-state index is 12.3. The van der Waals surface area contributed by atoms with Gasteiger partial charge in [0.2, 0.25) is 5.91 Å². The molecule has 1 aromatic rings. The molecule has 1 atom stereocenters. The van der Waals surface area contributed by atoms with Crippen LogP contribution in [0.3, 0.4) is 0 Å². The average Bonchev–Trinajstić information content (AvgIpc) is 2.39. The molecule has 3 N–H and O–H groups in total. The minimum absolute atomic E-state index is 0. The predicted molar refractivity (Wildman–Crippen MR) is 85.3 cm³/mol. The van der Waals surface area contributed by atoms with E-state index in [0.717, 1.165) is 31.2 Å². The van der Waals surface area contributed by atoms with Gasteiger partial charge in [-0.05, 0) is 37.5 Å². The molecule has 0 bridgehead atoms. The molecular formula is C15H22Cl2N2O. The number of amides is 1. The second-order valence-corrected chi connectivity index (χ2v) is 5.90. The van der Waals surface area contributed by atoms with Crippen molar-refractivity contribution in [3.63, 3.8) is 0 Å². The molecule has 0 unspecified atom stereocenters. The van der Waals surface area contributed by atoms with Crippen LogP contribution in [0.5, 0.6) is 0 Å². The van der Waals surface area contributed by atoms with E-state index in [2.05, 4.69) is 5.32 Å². The molecule has 3 nitrogen and oxygen atoms in total. The Morgan fingerprint density at radius 1 is 1.35 bits per heavy atom. The fourth-order valence-corrected chi connectivity index (χ4v) is 2.81. The molecule has 112 valence electrons. The summed E-state index contributed by atoms with van der Waals surface area (Å²) in [5.41, 5.74) is 6.53. The molecular weight excluding hydrogens is 295 g/mol. The number of hydrogen-bond donors (Lipinski definition) is 2. The Kier molecular flexibility index (Phi) is 6.31. The Morgan fingerprint density at radius 3 is 2.60 bits per heavy atom. The number of nitrogens with one attached hydrogen (secondary N) is 1. The van der Waals surface area contributed by atoms with Gasteiger partial charge in [0.05, 0.1) is 11.6 Å². The van der Waals surface area contributed by atoms with E-state index in [4.69, 9.17) is 17.3 Å². The molecule has 20 heavy (non-hydrogen) atoms. The number of nitrogens with two attached hydrogens (primary N) is 1. The summed E-state index contributed by atoms with van der Waals surface area (Å²) in [5, 5.41) is 3.69. The van der Waals surface area contributed by atoms with Crippen molar-refractivity contribution in [1.82, 2.24) is 5.32 Å². The van der Waals surface area contributed by atoms with Gasteiger partial charge in [0, 0.05) is 5.02 Å². The van der Waals surface area contributed by atoms with Crippen LogP contribution in [0.1, 0.15) is 50.6 Å². The van der Waals surface area contributed by atoms with E-state index < -0.39 is 5.54 Å². The van der Waals surface area contributed by atoms with Crippen LogP contribution < -0.4 is 11.1 Å². The first-order valence-electron chi connectivity index (χ1n) is 6.86. The fourth-order valence-electron chi connectivity index (χ4n) is 2.61. The number of halogens is 2. The molecule has 1 aliphatic carbocycles. The van der Waals surface area contributed by atoms with E-state index >= 15 is 0 Å². The van der Waals surface area contributed by atoms with Crippen LogP contribution in [0, 0.1) is 0 Å². The summed E-state index contributed by atoms with van der Waals surface area (Å²) in [7, 11) is 0. The van der Waals surface area contributed by atoms with E-state index in [9.17, 15) is 4.79 Å². The Balaban J connectivity index is 0.00000200. The van der Waals surface area contributed by atoms with Gasteiger partial charge in [-0.25, -0.2) is 0 Å². The van der Waals surface area contributed by atoms with Gasteiger partial charge in [-0.2, -0.15) is 0 Å². The van der Waals surface area contributed by atoms with E-state index in [-0.39, 0.29) is 24.4 Å². The summed E-state index contributed by atoms with van der Waals surface area (Å²) >= 11 is 5.96. The lowest BCUT2D eigenvalue weighted by atomic mass is 9.81. The summed E-state index contributed by atoms with van der Waals surface area (Å²) in [5.74, 6) is -0.0420. The highest BCUT2D eigenvalue weighted by molar-refractivity contribution is 6.30. The Morgan fingerprint density at radius 2 is 2.00 bits per heavy atom. The first-order chi connectivity index (χ1) is 9.01. The molecule has 2 rings (SSSR count). The second-order valence-electron chi connectivity index (χ2n) is 5.47. The van der Waals surface area contributed by atoms with Crippen LogP contribution in [0.2, 0.25) is 5.02 Å². The number of carbonyl (C=O) groups excluding carboxylic acids is 1. The van der Waals surface area contributed by atoms with Crippen molar-refractivity contribution in [3.8, 4) is 0 Å². The number of rotatable bonds is 3. The Bertz CT molecular complexity index is 459. The number of hydrogen-bond acceptors (Lipinski definition) is 2. The van der Waals surface area contributed by atoms with E-state index in [0.29, 0.717) is 5.02 Å². The molecule has 0 saturated heterocycles. The molecule has 1 aromatic carbocycles. The van der Waals surface area contributed by atoms with E-state index in [1.165, 1.54) is 6.42 Å². The van der Waals surface area contributed by atoms with Crippen molar-refractivity contribution in [2.45, 2.75) is 50.6 Å². The zero-order valence-electron chi connectivity index (χ0n) is 11.7. The molecule has 0 spiro atoms. The second kappa shape index (κ2) is 7.30. The maximum atomic E-state index is 12.3. The predicted octanol–water partition coefficient (Wildman–Crippen LogP) is 3.60. The first-order valence-corrected chi connectivity index (χ1v) is 7.24. The molecule has 0 radical (unpaired) electrons. The van der Waals surface area contributed by atoms with Gasteiger partial charge < -0.3 is 11.1 Å². The number of benzene rings is 1. The summed E-state index contributed by atoms with van der Waals surface area (Å²) in [4.78, 5) is 12.3. The van der Waals surface area contributed by atoms with Gasteiger partial charge >= 0.3 is 0 Å². The quantitative estimate of drug-likeness (QED) is 0.895. The lowest BCUT2D eigenvalue weighted by molar-refractivity contribution is -0.128. The smallest absolute Gasteiger partial charge is 0.240 e. The van der Waals surface area contributed by atoms with Gasteiger partial charge in [0.15, 0.2) is 0 Å². The monoisotopic (exact) mass is 316 g/mol. The number of carbonyl (C=O) groups is 1. The standard InChI is InChI=1S/C15H21ClN2O.ClH/c1-11(12-6-5-7-13(16)10-12)18-14(19)15(17)8-3-2-4-9-15;/h5-7,10-11H,2-4,8-9,17H2,1H3,(H,18,19);1H/t11-;/m1./s1. The third-order valence-electron chi connectivity index (χ3n) is 3.89. The highest BCUT2D eigenvalue weighted by atomic mass is 35.5. The van der Waals surface area contributed by atoms with Gasteiger partial charge in [0.25, 0.3) is 0 Å². The lowest BCUT2D eigenvalue weighted by Gasteiger charge is -2.33. The Hall–Kier alpha value is -0.770. The summed E-state index contributed by atoms with van der Waals surface area (Å²) < 4.78 is 0. The fraction of sp³-hybridized carbons (Fsp3) is 0.533. The Labute approximate surface area is 131 Å². The van der Waals surface area contributed by atoms with Crippen LogP contribution >= 0.6 is 24.0 Å². The van der Waals surface area contributed by atoms with Crippen LogP contribution in [0.4, 0.5) is 0 Å². The summed E-state index contributed by atoms with van der Waals surface area (Å²) in [6.45, 7) is 1.95. The molecule has 1 saturated carbocycles. The van der Waals surface area contributed by atoms with Gasteiger partial charge in [-0.1, -0.05) is 43.0 Å². The lowest BCUT2D eigenvalue weighted by Crippen LogP contribution is -2.55. The van der Waals surface area contributed by atoms with Gasteiger partial charge in [0.1, 0.15) is 0 Å². The van der Waals surface area contributed by atoms with E-state index in [1.54, 1.807) is 0 Å². The molecule has 0 aliphatic heterocycles. The summed E-state index contributed by atoms with van der Waals surface area (Å²) in [6.07, 6.45) is 4.81. The SMILES string of the molecule is C[C@@H](NC(=O)C1(N)CCCCC1)c1cccc(Cl)c1.Cl. The molecule has 1 aliphatic rings. The highest BCUT2D eigenvalue weighted by Gasteiger charge is 2.35. The maximum Gasteiger partial charge on any atom is 0.240 e. The minimum Gasteiger partial charge on any atom is -0.348 e. The van der Waals surface area contributed by atoms with Crippen LogP contribution in [-0.4, -0.2) is 11.4 Å². The minimum atomic E-state index is -0.689. The first kappa shape index (κ1) is 17.3. The normalized spacial score (nSPS) is 18.8. The van der Waals surface area contributed by atoms with Crippen molar-refractivity contribution >= 4 is 29.9 Å².